The number of ether oxygens (including phenoxy) is 1. The van der Waals surface area contributed by atoms with E-state index in [1.165, 1.54) is 148 Å². The predicted octanol–water partition coefficient (Wildman–Crippen LogP) is 16.0. The van der Waals surface area contributed by atoms with Crippen LogP contribution in [0, 0.1) is 0 Å². The lowest BCUT2D eigenvalue weighted by molar-refractivity contribution is -0.148. The molecule has 3 N–H and O–H groups in total. The summed E-state index contributed by atoms with van der Waals surface area (Å²) in [5.41, 5.74) is 0. The molecule has 62 heavy (non-hydrogen) atoms. The summed E-state index contributed by atoms with van der Waals surface area (Å²) in [6, 6.07) is -0.740. The van der Waals surface area contributed by atoms with Gasteiger partial charge in [-0.2, -0.15) is 0 Å². The fourth-order valence-electron chi connectivity index (χ4n) is 7.86. The number of rotatable bonds is 47. The number of aliphatic hydroxyl groups is 2. The van der Waals surface area contributed by atoms with E-state index in [4.69, 9.17) is 4.74 Å². The van der Waals surface area contributed by atoms with Crippen LogP contribution >= 0.6 is 0 Å². The molecule has 0 saturated carbocycles. The summed E-state index contributed by atoms with van der Waals surface area (Å²) in [6.45, 7) is 6.33. The molecule has 0 bridgehead atoms. The number of carbonyl (C=O) groups excluding carboxylic acids is 2. The van der Waals surface area contributed by atoms with Gasteiger partial charge in [0.25, 0.3) is 0 Å². The van der Waals surface area contributed by atoms with E-state index in [0.29, 0.717) is 19.3 Å². The number of unbranched alkanes of at least 4 members (excludes halogenated alkanes) is 27. The molecule has 0 aromatic carbocycles. The Morgan fingerprint density at radius 1 is 0.484 bits per heavy atom. The highest BCUT2D eigenvalue weighted by molar-refractivity contribution is 5.78. The van der Waals surface area contributed by atoms with Gasteiger partial charge in [0.1, 0.15) is 6.10 Å². The summed E-state index contributed by atoms with van der Waals surface area (Å²) in [5.74, 6) is -0.622. The molecule has 0 aliphatic heterocycles. The third kappa shape index (κ3) is 44.2. The van der Waals surface area contributed by atoms with Crippen LogP contribution in [-0.4, -0.2) is 46.9 Å². The average Bonchev–Trinajstić information content (AvgIpc) is 3.26. The molecule has 3 atom stereocenters. The highest BCUT2D eigenvalue weighted by atomic mass is 16.5. The molecule has 0 radical (unpaired) electrons. The predicted molar refractivity (Wildman–Crippen MR) is 268 cm³/mol. The third-order valence-corrected chi connectivity index (χ3v) is 11.9. The van der Waals surface area contributed by atoms with Crippen molar-refractivity contribution in [3.8, 4) is 0 Å². The van der Waals surface area contributed by atoms with Gasteiger partial charge >= 0.3 is 5.97 Å². The van der Waals surface area contributed by atoms with Crippen molar-refractivity contribution < 1.29 is 24.5 Å². The lowest BCUT2D eigenvalue weighted by Gasteiger charge is -2.23. The van der Waals surface area contributed by atoms with Gasteiger partial charge in [0.2, 0.25) is 5.91 Å². The molecule has 0 aromatic rings. The van der Waals surface area contributed by atoms with E-state index >= 15 is 0 Å². The standard InChI is InChI=1S/C56H101NO5/c1-4-7-10-13-16-19-22-24-26-27-28-29-30-32-34-37-40-43-46-49-56(61)62-52(47-44-41-38-35-33-31-25-23-20-17-14-11-8-5-2)50-55(60)57-53(51-58)54(59)48-45-42-39-36-21-18-15-12-9-6-3/h8,11,17,20,25,31,35,38,44,47,52-54,58-59H,4-7,9-10,12-16,18-19,21-24,26-30,32-34,36-37,39-43,45-46,48-51H2,1-3H3,(H,57,60)/b11-8+,20-17+,31-25+,38-35+,47-44+. The fourth-order valence-corrected chi connectivity index (χ4v) is 7.86. The number of allylic oxidation sites excluding steroid dienone is 9. The average molecular weight is 868 g/mol. The minimum atomic E-state index is -0.818. The summed E-state index contributed by atoms with van der Waals surface area (Å²) >= 11 is 0. The van der Waals surface area contributed by atoms with Gasteiger partial charge in [0, 0.05) is 6.42 Å². The molecule has 0 fully saturated rings. The van der Waals surface area contributed by atoms with Crippen molar-refractivity contribution in [2.75, 3.05) is 6.61 Å². The van der Waals surface area contributed by atoms with Gasteiger partial charge < -0.3 is 20.3 Å². The first-order valence-corrected chi connectivity index (χ1v) is 26.5. The lowest BCUT2D eigenvalue weighted by Crippen LogP contribution is -2.46. The number of aliphatic hydroxyl groups excluding tert-OH is 2. The molecule has 0 spiro atoms. The smallest absolute Gasteiger partial charge is 0.306 e. The van der Waals surface area contributed by atoms with Crippen molar-refractivity contribution in [1.29, 1.82) is 0 Å². The van der Waals surface area contributed by atoms with Crippen LogP contribution in [0.5, 0.6) is 0 Å². The molecule has 1 amide bonds. The molecule has 0 saturated heterocycles. The van der Waals surface area contributed by atoms with Gasteiger partial charge in [-0.15, -0.1) is 0 Å². The van der Waals surface area contributed by atoms with Crippen molar-refractivity contribution in [2.24, 2.45) is 0 Å². The van der Waals surface area contributed by atoms with Gasteiger partial charge in [0.05, 0.1) is 25.2 Å². The Labute approximate surface area is 384 Å². The van der Waals surface area contributed by atoms with E-state index in [0.717, 1.165) is 64.2 Å². The second kappa shape index (κ2) is 49.6. The minimum Gasteiger partial charge on any atom is -0.458 e. The number of carbonyl (C=O) groups is 2. The van der Waals surface area contributed by atoms with E-state index < -0.39 is 18.2 Å². The molecular weight excluding hydrogens is 767 g/mol. The van der Waals surface area contributed by atoms with Crippen LogP contribution in [0.3, 0.4) is 0 Å². The molecule has 0 rings (SSSR count). The van der Waals surface area contributed by atoms with Gasteiger partial charge in [-0.3, -0.25) is 9.59 Å². The van der Waals surface area contributed by atoms with E-state index in [2.05, 4.69) is 74.7 Å². The van der Waals surface area contributed by atoms with Gasteiger partial charge in [-0.1, -0.05) is 255 Å². The van der Waals surface area contributed by atoms with Crippen LogP contribution in [0.25, 0.3) is 0 Å². The maximum absolute atomic E-state index is 13.2. The highest BCUT2D eigenvalue weighted by Crippen LogP contribution is 2.17. The number of hydrogen-bond donors (Lipinski definition) is 3. The van der Waals surface area contributed by atoms with Crippen molar-refractivity contribution in [2.45, 2.75) is 277 Å². The minimum absolute atomic E-state index is 0.0445. The van der Waals surface area contributed by atoms with Crippen molar-refractivity contribution >= 4 is 11.9 Å². The molecule has 0 aliphatic rings. The second-order valence-corrected chi connectivity index (χ2v) is 17.9. The van der Waals surface area contributed by atoms with Gasteiger partial charge in [-0.05, 0) is 51.0 Å². The van der Waals surface area contributed by atoms with Gasteiger partial charge in [-0.25, -0.2) is 0 Å². The Bertz CT molecular complexity index is 1110. The topological polar surface area (TPSA) is 95.9 Å². The monoisotopic (exact) mass is 868 g/mol. The van der Waals surface area contributed by atoms with E-state index in [1.54, 1.807) is 6.08 Å². The first-order valence-electron chi connectivity index (χ1n) is 26.5. The van der Waals surface area contributed by atoms with Crippen LogP contribution in [-0.2, 0) is 14.3 Å². The third-order valence-electron chi connectivity index (χ3n) is 11.9. The Morgan fingerprint density at radius 3 is 1.23 bits per heavy atom. The van der Waals surface area contributed by atoms with Crippen LogP contribution in [0.1, 0.15) is 258 Å². The second-order valence-electron chi connectivity index (χ2n) is 17.9. The maximum Gasteiger partial charge on any atom is 0.306 e. The summed E-state index contributed by atoms with van der Waals surface area (Å²) in [4.78, 5) is 26.1. The Morgan fingerprint density at radius 2 is 0.839 bits per heavy atom. The Hall–Kier alpha value is -2.44. The molecule has 6 nitrogen and oxygen atoms in total. The number of amides is 1. The number of esters is 1. The summed E-state index contributed by atoms with van der Waals surface area (Å²) in [7, 11) is 0. The Balaban J connectivity index is 4.62. The number of hydrogen-bond acceptors (Lipinski definition) is 5. The van der Waals surface area contributed by atoms with E-state index in [1.807, 2.05) is 6.08 Å². The SMILES string of the molecule is CC/C=C/C/C=C/C/C=C/C/C=C/C/C=C/C(CC(=O)NC(CO)C(O)CCCCCCCCCCCC)OC(=O)CCCCCCCCCCCCCCCCCCCCC. The summed E-state index contributed by atoms with van der Waals surface area (Å²) < 4.78 is 5.83. The first kappa shape index (κ1) is 59.6. The van der Waals surface area contributed by atoms with Crippen LogP contribution in [0.15, 0.2) is 60.8 Å². The number of nitrogens with one attached hydrogen (secondary N) is 1. The van der Waals surface area contributed by atoms with Crippen LogP contribution in [0.4, 0.5) is 0 Å². The first-order chi connectivity index (χ1) is 30.5. The van der Waals surface area contributed by atoms with Crippen molar-refractivity contribution in [1.82, 2.24) is 5.32 Å². The largest absolute Gasteiger partial charge is 0.458 e. The summed E-state index contributed by atoms with van der Waals surface area (Å²) in [6.07, 6.45) is 61.8. The van der Waals surface area contributed by atoms with Crippen molar-refractivity contribution in [3.05, 3.63) is 60.8 Å². The summed E-state index contributed by atoms with van der Waals surface area (Å²) in [5, 5.41) is 23.6. The highest BCUT2D eigenvalue weighted by Gasteiger charge is 2.23. The fraction of sp³-hybridized carbons (Fsp3) is 0.786. The normalized spacial score (nSPS) is 13.7. The quantitative estimate of drug-likeness (QED) is 0.0322. The molecule has 6 heteroatoms. The lowest BCUT2D eigenvalue weighted by atomic mass is 10.0. The van der Waals surface area contributed by atoms with E-state index in [9.17, 15) is 19.8 Å². The van der Waals surface area contributed by atoms with Crippen molar-refractivity contribution in [3.63, 3.8) is 0 Å². The van der Waals surface area contributed by atoms with Gasteiger partial charge in [0.15, 0.2) is 0 Å². The van der Waals surface area contributed by atoms with Crippen LogP contribution in [0.2, 0.25) is 0 Å². The molecular formula is C56H101NO5. The molecule has 0 heterocycles. The zero-order valence-electron chi connectivity index (χ0n) is 41.0. The zero-order valence-corrected chi connectivity index (χ0v) is 41.0. The molecule has 0 aliphatic carbocycles. The molecule has 0 aromatic heterocycles. The molecule has 3 unspecified atom stereocenters. The zero-order chi connectivity index (χ0) is 45.2. The Kier molecular flexibility index (Phi) is 47.6. The molecule has 360 valence electrons. The van der Waals surface area contributed by atoms with Crippen LogP contribution < -0.4 is 5.32 Å². The maximum atomic E-state index is 13.2. The van der Waals surface area contributed by atoms with E-state index in [-0.39, 0.29) is 24.9 Å².